The molecule has 0 aliphatic heterocycles. The van der Waals surface area contributed by atoms with E-state index in [1.54, 1.807) is 0 Å². The topological polar surface area (TPSA) is 134 Å². The van der Waals surface area contributed by atoms with Crippen molar-refractivity contribution in [2.75, 3.05) is 26.4 Å². The average Bonchev–Trinajstić information content (AvgIpc) is 1.04. The Morgan fingerprint density at radius 2 is 0.545 bits per heavy atom. The summed E-state index contributed by atoms with van der Waals surface area (Å²) in [4.78, 5) is 35.5. The lowest BCUT2D eigenvalue weighted by molar-refractivity contribution is -0.161. The largest absolute Gasteiger partial charge is 0.472 e. The van der Waals surface area contributed by atoms with Gasteiger partial charge in [-0.2, -0.15) is 0 Å². The molecule has 0 fully saturated rings. The SMILES string of the molecule is CC/C=C\C/C=C\C/C=C\C/C=C\C/C=C\C/C=C\CCCCCCCCCCCCCCCCCCCCCCCCC(=O)OC(COC(=O)CCCCCCCCCCCCCCCCCCCCCCCCCCCCC/C=C\CCCCCCCCCC)COP(=O)(O)OCCN. The van der Waals surface area contributed by atoms with E-state index < -0.39 is 26.5 Å². The second-order valence-electron chi connectivity index (χ2n) is 29.7. The molecule has 0 aromatic rings. The van der Waals surface area contributed by atoms with Crippen molar-refractivity contribution in [2.45, 2.75) is 457 Å². The number of nitrogens with two attached hydrogens (primary N) is 1. The highest BCUT2D eigenvalue weighted by Gasteiger charge is 2.26. The third-order valence-corrected chi connectivity index (χ3v) is 20.7. The van der Waals surface area contributed by atoms with Crippen LogP contribution in [-0.2, 0) is 32.7 Å². The van der Waals surface area contributed by atoms with Crippen LogP contribution in [0.5, 0.6) is 0 Å². The second kappa shape index (κ2) is 86.1. The van der Waals surface area contributed by atoms with Crippen molar-refractivity contribution in [3.63, 3.8) is 0 Å². The lowest BCUT2D eigenvalue weighted by Gasteiger charge is -2.19. The zero-order valence-corrected chi connectivity index (χ0v) is 67.8. The van der Waals surface area contributed by atoms with Gasteiger partial charge in [0.05, 0.1) is 13.2 Å². The zero-order chi connectivity index (χ0) is 72.9. The summed E-state index contributed by atoms with van der Waals surface area (Å²) in [5, 5.41) is 0. The van der Waals surface area contributed by atoms with Crippen LogP contribution in [0.1, 0.15) is 450 Å². The van der Waals surface area contributed by atoms with Crippen molar-refractivity contribution < 1.29 is 37.6 Å². The van der Waals surface area contributed by atoms with Crippen LogP contribution >= 0.6 is 7.82 Å². The molecule has 0 aromatic heterocycles. The Kier molecular flexibility index (Phi) is 83.7. The predicted octanol–water partition coefficient (Wildman–Crippen LogP) is 30.0. The van der Waals surface area contributed by atoms with Crippen molar-refractivity contribution >= 4 is 19.8 Å². The van der Waals surface area contributed by atoms with Crippen LogP contribution < -0.4 is 5.73 Å². The fraction of sp³-hybridized carbons (Fsp3) is 0.824. The van der Waals surface area contributed by atoms with Gasteiger partial charge >= 0.3 is 19.8 Å². The number of carbonyl (C=O) groups is 2. The van der Waals surface area contributed by atoms with Crippen LogP contribution in [0, 0.1) is 0 Å². The molecule has 0 heterocycles. The van der Waals surface area contributed by atoms with Gasteiger partial charge < -0.3 is 20.1 Å². The van der Waals surface area contributed by atoms with Gasteiger partial charge in [-0.1, -0.05) is 433 Å². The Hall–Kier alpha value is -2.81. The summed E-state index contributed by atoms with van der Waals surface area (Å²) in [7, 11) is -4.40. The molecule has 0 saturated heterocycles. The predicted molar refractivity (Wildman–Crippen MR) is 441 cm³/mol. The number of phosphoric ester groups is 1. The summed E-state index contributed by atoms with van der Waals surface area (Å²) >= 11 is 0. The lowest BCUT2D eigenvalue weighted by Crippen LogP contribution is -2.29. The molecule has 590 valence electrons. The molecule has 101 heavy (non-hydrogen) atoms. The molecule has 0 amide bonds. The highest BCUT2D eigenvalue weighted by Crippen LogP contribution is 2.43. The second-order valence-corrected chi connectivity index (χ2v) is 31.2. The molecule has 9 nitrogen and oxygen atoms in total. The molecule has 0 spiro atoms. The number of hydrogen-bond donors (Lipinski definition) is 2. The molecular weight excluding hydrogens is 1270 g/mol. The van der Waals surface area contributed by atoms with Gasteiger partial charge in [0.25, 0.3) is 0 Å². The molecule has 0 aromatic carbocycles. The van der Waals surface area contributed by atoms with Crippen molar-refractivity contribution in [3.8, 4) is 0 Å². The van der Waals surface area contributed by atoms with Crippen molar-refractivity contribution in [1.82, 2.24) is 0 Å². The van der Waals surface area contributed by atoms with E-state index in [1.807, 2.05) is 0 Å². The normalized spacial score (nSPS) is 13.2. The summed E-state index contributed by atoms with van der Waals surface area (Å²) in [6.07, 6.45) is 118. The molecule has 0 bridgehead atoms. The van der Waals surface area contributed by atoms with Crippen LogP contribution in [0.3, 0.4) is 0 Å². The number of esters is 2. The first-order valence-electron chi connectivity index (χ1n) is 44.1. The number of rotatable bonds is 84. The van der Waals surface area contributed by atoms with Crippen LogP contribution in [0.15, 0.2) is 85.1 Å². The summed E-state index contributed by atoms with van der Waals surface area (Å²) < 4.78 is 33.3. The first-order chi connectivity index (χ1) is 49.8. The van der Waals surface area contributed by atoms with E-state index in [-0.39, 0.29) is 38.6 Å². The summed E-state index contributed by atoms with van der Waals surface area (Å²) in [5.41, 5.74) is 5.43. The van der Waals surface area contributed by atoms with E-state index in [9.17, 15) is 19.0 Å². The molecule has 2 unspecified atom stereocenters. The van der Waals surface area contributed by atoms with E-state index in [0.717, 1.165) is 70.6 Å². The Morgan fingerprint density at radius 1 is 0.307 bits per heavy atom. The van der Waals surface area contributed by atoms with E-state index in [1.165, 1.54) is 347 Å². The van der Waals surface area contributed by atoms with Gasteiger partial charge in [0.2, 0.25) is 0 Å². The average molecular weight is 1440 g/mol. The minimum Gasteiger partial charge on any atom is -0.462 e. The van der Waals surface area contributed by atoms with Gasteiger partial charge in [0, 0.05) is 19.4 Å². The highest BCUT2D eigenvalue weighted by molar-refractivity contribution is 7.47. The highest BCUT2D eigenvalue weighted by atomic mass is 31.2. The molecule has 0 radical (unpaired) electrons. The molecule has 0 aliphatic rings. The Balaban J connectivity index is 3.72. The van der Waals surface area contributed by atoms with E-state index in [2.05, 4.69) is 98.9 Å². The number of carbonyl (C=O) groups excluding carboxylic acids is 2. The minimum atomic E-state index is -4.40. The standard InChI is InChI=1S/C91H168NO8P/c1-3-5-7-9-11-13-15-17-19-21-23-25-27-29-31-33-35-37-39-41-43-44-46-48-50-52-54-56-58-60-62-64-66-68-70-72-74-76-78-80-82-84-91(94)100-89(88-99-101(95,96)98-86-85-92)87-97-90(93)83-81-79-77-75-73-71-69-67-65-63-61-59-57-55-53-51-49-47-45-42-40-38-36-34-32-30-28-26-24-22-20-18-16-14-12-10-8-6-4-2/h5,7,11,13,17,19,22-25,29,31,35,37,89H,3-4,6,8-10,12,14-16,18,20-21,26-28,30,32-34,36,38-88,92H2,1-2H3,(H,95,96)/b7-5-,13-11-,19-17-,24-22-,25-23-,31-29-,37-35-. The number of ether oxygens (including phenoxy) is 2. The molecule has 10 heteroatoms. The number of phosphoric acid groups is 1. The Morgan fingerprint density at radius 3 is 0.822 bits per heavy atom. The smallest absolute Gasteiger partial charge is 0.462 e. The van der Waals surface area contributed by atoms with Gasteiger partial charge in [0.15, 0.2) is 6.10 Å². The zero-order valence-electron chi connectivity index (χ0n) is 66.9. The van der Waals surface area contributed by atoms with Crippen LogP contribution in [0.4, 0.5) is 0 Å². The number of allylic oxidation sites excluding steroid dienone is 14. The summed E-state index contributed by atoms with van der Waals surface area (Å²) in [5.74, 6) is -0.803. The maximum absolute atomic E-state index is 12.8. The molecule has 2 atom stereocenters. The quantitative estimate of drug-likeness (QED) is 0.0264. The maximum atomic E-state index is 12.8. The van der Waals surface area contributed by atoms with Crippen LogP contribution in [-0.4, -0.2) is 49.3 Å². The maximum Gasteiger partial charge on any atom is 0.472 e. The van der Waals surface area contributed by atoms with E-state index >= 15 is 0 Å². The Bertz CT molecular complexity index is 1940. The van der Waals surface area contributed by atoms with Gasteiger partial charge in [0.1, 0.15) is 6.61 Å². The van der Waals surface area contributed by atoms with E-state index in [4.69, 9.17) is 24.3 Å². The first-order valence-corrected chi connectivity index (χ1v) is 45.6. The Labute approximate surface area is 627 Å². The van der Waals surface area contributed by atoms with Gasteiger partial charge in [-0.05, 0) is 89.9 Å². The summed E-state index contributed by atoms with van der Waals surface area (Å²) in [6, 6.07) is 0. The molecular formula is C91H168NO8P. The third kappa shape index (κ3) is 86.0. The minimum absolute atomic E-state index is 0.0549. The van der Waals surface area contributed by atoms with Gasteiger partial charge in [-0.25, -0.2) is 4.57 Å². The molecule has 0 aliphatic carbocycles. The van der Waals surface area contributed by atoms with Crippen molar-refractivity contribution in [1.29, 1.82) is 0 Å². The molecule has 0 saturated carbocycles. The van der Waals surface area contributed by atoms with Crippen LogP contribution in [0.25, 0.3) is 0 Å². The lowest BCUT2D eigenvalue weighted by atomic mass is 10.0. The third-order valence-electron chi connectivity index (χ3n) is 19.8. The van der Waals surface area contributed by atoms with Gasteiger partial charge in [-0.3, -0.25) is 18.6 Å². The fourth-order valence-electron chi connectivity index (χ4n) is 13.3. The molecule has 3 N–H and O–H groups in total. The first kappa shape index (κ1) is 98.2. The summed E-state index contributed by atoms with van der Waals surface area (Å²) in [6.45, 7) is 3.71. The molecule has 0 rings (SSSR count). The number of hydrogen-bond acceptors (Lipinski definition) is 8. The van der Waals surface area contributed by atoms with Gasteiger partial charge in [-0.15, -0.1) is 0 Å². The fourth-order valence-corrected chi connectivity index (χ4v) is 14.1. The van der Waals surface area contributed by atoms with Crippen molar-refractivity contribution in [2.24, 2.45) is 5.73 Å². The van der Waals surface area contributed by atoms with Crippen molar-refractivity contribution in [3.05, 3.63) is 85.1 Å². The number of unbranched alkanes of at least 4 members (excludes halogenated alkanes) is 57. The van der Waals surface area contributed by atoms with E-state index in [0.29, 0.717) is 6.42 Å². The van der Waals surface area contributed by atoms with Crippen LogP contribution in [0.2, 0.25) is 0 Å². The monoisotopic (exact) mass is 1430 g/mol.